The first-order chi connectivity index (χ1) is 10.2. The van der Waals surface area contributed by atoms with Crippen LogP contribution in [-0.4, -0.2) is 36.1 Å². The van der Waals surface area contributed by atoms with Crippen LogP contribution < -0.4 is 11.1 Å². The summed E-state index contributed by atoms with van der Waals surface area (Å²) in [5, 5.41) is 5.76. The van der Waals surface area contributed by atoms with E-state index < -0.39 is 0 Å². The Kier molecular flexibility index (Phi) is 4.25. The summed E-state index contributed by atoms with van der Waals surface area (Å²) >= 11 is 0. The Morgan fingerprint density at radius 1 is 1.19 bits per heavy atom. The maximum absolute atomic E-state index is 6.04. The number of pyridine rings is 1. The summed E-state index contributed by atoms with van der Waals surface area (Å²) in [5.41, 5.74) is 9.01. The number of fused-ring (bicyclic) bond motifs is 1. The largest absolute Gasteiger partial charge is 0.398 e. The van der Waals surface area contributed by atoms with Gasteiger partial charge in [0.05, 0.1) is 0 Å². The molecular formula is C17H24N4. The SMILES string of the molecule is Cc1cc2c(NCCN3CCCCC3)ccc(N)c2cn1. The Balaban J connectivity index is 1.71. The molecule has 3 rings (SSSR count). The fourth-order valence-electron chi connectivity index (χ4n) is 3.05. The van der Waals surface area contributed by atoms with E-state index in [1.54, 1.807) is 0 Å². The Bertz CT molecular complexity index is 617. The third kappa shape index (κ3) is 3.27. The van der Waals surface area contributed by atoms with Crippen molar-refractivity contribution in [3.05, 3.63) is 30.1 Å². The number of aromatic nitrogens is 1. The predicted molar refractivity (Wildman–Crippen MR) is 89.7 cm³/mol. The van der Waals surface area contributed by atoms with Crippen molar-refractivity contribution in [2.24, 2.45) is 0 Å². The number of likely N-dealkylation sites (tertiary alicyclic amines) is 1. The van der Waals surface area contributed by atoms with Crippen LogP contribution in [0.25, 0.3) is 10.8 Å². The molecule has 1 fully saturated rings. The van der Waals surface area contributed by atoms with Crippen LogP contribution in [0, 0.1) is 6.92 Å². The Morgan fingerprint density at radius 3 is 2.81 bits per heavy atom. The molecule has 1 aromatic carbocycles. The van der Waals surface area contributed by atoms with Crippen LogP contribution in [0.4, 0.5) is 11.4 Å². The summed E-state index contributed by atoms with van der Waals surface area (Å²) in [6, 6.07) is 6.14. The van der Waals surface area contributed by atoms with Gasteiger partial charge in [-0.15, -0.1) is 0 Å². The topological polar surface area (TPSA) is 54.2 Å². The average Bonchev–Trinajstić information content (AvgIpc) is 2.50. The number of benzene rings is 1. The highest BCUT2D eigenvalue weighted by molar-refractivity contribution is 6.00. The van der Waals surface area contributed by atoms with E-state index in [0.717, 1.165) is 35.5 Å². The molecule has 0 saturated carbocycles. The number of anilines is 2. The van der Waals surface area contributed by atoms with Crippen molar-refractivity contribution < 1.29 is 0 Å². The first kappa shape index (κ1) is 14.1. The highest BCUT2D eigenvalue weighted by atomic mass is 15.1. The van der Waals surface area contributed by atoms with E-state index in [2.05, 4.69) is 27.3 Å². The molecule has 1 saturated heterocycles. The van der Waals surface area contributed by atoms with E-state index in [1.165, 1.54) is 37.7 Å². The van der Waals surface area contributed by atoms with Crippen LogP contribution in [0.15, 0.2) is 24.4 Å². The summed E-state index contributed by atoms with van der Waals surface area (Å²) in [6.07, 6.45) is 5.94. The molecule has 0 spiro atoms. The monoisotopic (exact) mass is 284 g/mol. The predicted octanol–water partition coefficient (Wildman–Crippen LogP) is 3.02. The van der Waals surface area contributed by atoms with E-state index in [1.807, 2.05) is 19.2 Å². The molecule has 0 unspecified atom stereocenters. The smallest absolute Gasteiger partial charge is 0.0423 e. The van der Waals surface area contributed by atoms with Crippen molar-refractivity contribution in [3.8, 4) is 0 Å². The summed E-state index contributed by atoms with van der Waals surface area (Å²) in [7, 11) is 0. The molecule has 112 valence electrons. The second kappa shape index (κ2) is 6.31. The second-order valence-corrected chi connectivity index (χ2v) is 5.90. The highest BCUT2D eigenvalue weighted by Crippen LogP contribution is 2.28. The van der Waals surface area contributed by atoms with Crippen molar-refractivity contribution in [1.82, 2.24) is 9.88 Å². The van der Waals surface area contributed by atoms with E-state index in [0.29, 0.717) is 0 Å². The average molecular weight is 284 g/mol. The third-order valence-electron chi connectivity index (χ3n) is 4.26. The van der Waals surface area contributed by atoms with Crippen molar-refractivity contribution in [1.29, 1.82) is 0 Å². The molecule has 0 bridgehead atoms. The number of hydrogen-bond donors (Lipinski definition) is 2. The quantitative estimate of drug-likeness (QED) is 0.847. The number of nitrogens with one attached hydrogen (secondary N) is 1. The van der Waals surface area contributed by atoms with Gasteiger partial charge >= 0.3 is 0 Å². The number of nitrogens with two attached hydrogens (primary N) is 1. The van der Waals surface area contributed by atoms with Crippen LogP contribution in [-0.2, 0) is 0 Å². The number of rotatable bonds is 4. The van der Waals surface area contributed by atoms with Gasteiger partial charge in [0.2, 0.25) is 0 Å². The summed E-state index contributed by atoms with van der Waals surface area (Å²) in [6.45, 7) is 6.58. The molecule has 1 aromatic heterocycles. The standard InChI is InChI=1S/C17H24N4/c1-13-11-14-15(12-20-13)16(18)5-6-17(14)19-7-10-21-8-3-2-4-9-21/h5-6,11-12,19H,2-4,7-10,18H2,1H3. The van der Waals surface area contributed by atoms with Gasteiger partial charge in [0.1, 0.15) is 0 Å². The molecule has 0 atom stereocenters. The summed E-state index contributed by atoms with van der Waals surface area (Å²) in [5.74, 6) is 0. The Labute approximate surface area is 126 Å². The van der Waals surface area contributed by atoms with E-state index >= 15 is 0 Å². The molecule has 1 aliphatic rings. The fraction of sp³-hybridized carbons (Fsp3) is 0.471. The minimum Gasteiger partial charge on any atom is -0.398 e. The van der Waals surface area contributed by atoms with Crippen molar-refractivity contribution in [2.45, 2.75) is 26.2 Å². The van der Waals surface area contributed by atoms with Crippen LogP contribution in [0.2, 0.25) is 0 Å². The number of piperidine rings is 1. The zero-order chi connectivity index (χ0) is 14.7. The van der Waals surface area contributed by atoms with Gasteiger partial charge in [-0.25, -0.2) is 0 Å². The molecule has 0 amide bonds. The van der Waals surface area contributed by atoms with E-state index in [9.17, 15) is 0 Å². The maximum Gasteiger partial charge on any atom is 0.0423 e. The molecule has 3 N–H and O–H groups in total. The Hall–Kier alpha value is -1.81. The molecule has 2 heterocycles. The first-order valence-electron chi connectivity index (χ1n) is 7.85. The molecule has 1 aliphatic heterocycles. The number of nitrogen functional groups attached to an aromatic ring is 1. The van der Waals surface area contributed by atoms with Crippen LogP contribution in [0.1, 0.15) is 25.0 Å². The van der Waals surface area contributed by atoms with Gasteiger partial charge in [0, 0.05) is 47.1 Å². The minimum absolute atomic E-state index is 0.791. The number of aryl methyl sites for hydroxylation is 1. The molecule has 0 radical (unpaired) electrons. The van der Waals surface area contributed by atoms with E-state index in [-0.39, 0.29) is 0 Å². The van der Waals surface area contributed by atoms with Gasteiger partial charge in [0.25, 0.3) is 0 Å². The molecule has 4 nitrogen and oxygen atoms in total. The normalized spacial score (nSPS) is 16.2. The van der Waals surface area contributed by atoms with Crippen LogP contribution in [0.5, 0.6) is 0 Å². The zero-order valence-corrected chi connectivity index (χ0v) is 12.7. The summed E-state index contributed by atoms with van der Waals surface area (Å²) in [4.78, 5) is 6.89. The molecular weight excluding hydrogens is 260 g/mol. The number of hydrogen-bond acceptors (Lipinski definition) is 4. The zero-order valence-electron chi connectivity index (χ0n) is 12.7. The van der Waals surface area contributed by atoms with Gasteiger partial charge < -0.3 is 16.0 Å². The summed E-state index contributed by atoms with van der Waals surface area (Å²) < 4.78 is 0. The molecule has 4 heteroatoms. The Morgan fingerprint density at radius 2 is 2.00 bits per heavy atom. The van der Waals surface area contributed by atoms with Gasteiger partial charge in [-0.1, -0.05) is 6.42 Å². The molecule has 0 aliphatic carbocycles. The lowest BCUT2D eigenvalue weighted by Gasteiger charge is -2.26. The fourth-order valence-corrected chi connectivity index (χ4v) is 3.05. The van der Waals surface area contributed by atoms with Crippen molar-refractivity contribution in [2.75, 3.05) is 37.2 Å². The van der Waals surface area contributed by atoms with Gasteiger partial charge in [-0.05, 0) is 51.1 Å². The second-order valence-electron chi connectivity index (χ2n) is 5.90. The molecule has 21 heavy (non-hydrogen) atoms. The molecule has 2 aromatic rings. The lowest BCUT2D eigenvalue weighted by molar-refractivity contribution is 0.237. The van der Waals surface area contributed by atoms with Crippen LogP contribution >= 0.6 is 0 Å². The van der Waals surface area contributed by atoms with Gasteiger partial charge in [-0.2, -0.15) is 0 Å². The van der Waals surface area contributed by atoms with Crippen molar-refractivity contribution in [3.63, 3.8) is 0 Å². The lowest BCUT2D eigenvalue weighted by atomic mass is 10.1. The van der Waals surface area contributed by atoms with Crippen molar-refractivity contribution >= 4 is 22.1 Å². The van der Waals surface area contributed by atoms with Gasteiger partial charge in [-0.3, -0.25) is 4.98 Å². The maximum atomic E-state index is 6.04. The first-order valence-corrected chi connectivity index (χ1v) is 7.85. The van der Waals surface area contributed by atoms with E-state index in [4.69, 9.17) is 5.73 Å². The van der Waals surface area contributed by atoms with Gasteiger partial charge in [0.15, 0.2) is 0 Å². The number of nitrogens with zero attached hydrogens (tertiary/aromatic N) is 2. The minimum atomic E-state index is 0.791. The third-order valence-corrected chi connectivity index (χ3v) is 4.26. The van der Waals surface area contributed by atoms with Crippen LogP contribution in [0.3, 0.4) is 0 Å². The lowest BCUT2D eigenvalue weighted by Crippen LogP contribution is -2.33. The highest BCUT2D eigenvalue weighted by Gasteiger charge is 2.10.